The minimum absolute atomic E-state index is 0.509. The van der Waals surface area contributed by atoms with Crippen molar-refractivity contribution in [1.82, 2.24) is 5.32 Å². The number of nitrogens with one attached hydrogen (secondary N) is 1. The van der Waals surface area contributed by atoms with Crippen LogP contribution in [0.15, 0.2) is 15.9 Å². The van der Waals surface area contributed by atoms with Gasteiger partial charge in [-0.05, 0) is 52.7 Å². The molecule has 2 atom stereocenters. The second-order valence-electron chi connectivity index (χ2n) is 4.33. The molecule has 2 unspecified atom stereocenters. The molecule has 1 rings (SSSR count). The monoisotopic (exact) mass is 303 g/mol. The van der Waals surface area contributed by atoms with E-state index in [1.54, 1.807) is 0 Å². The van der Waals surface area contributed by atoms with Crippen molar-refractivity contribution in [1.29, 1.82) is 0 Å². The van der Waals surface area contributed by atoms with Gasteiger partial charge in [0, 0.05) is 15.4 Å². The highest BCUT2D eigenvalue weighted by atomic mass is 79.9. The van der Waals surface area contributed by atoms with Crippen molar-refractivity contribution in [3.63, 3.8) is 0 Å². The Morgan fingerprint density at radius 2 is 2.12 bits per heavy atom. The van der Waals surface area contributed by atoms with Crippen LogP contribution in [-0.2, 0) is 0 Å². The van der Waals surface area contributed by atoms with Crippen molar-refractivity contribution in [2.24, 2.45) is 5.92 Å². The first-order valence-electron chi connectivity index (χ1n) is 6.16. The molecule has 1 N–H and O–H groups in total. The highest BCUT2D eigenvalue weighted by Crippen LogP contribution is 2.34. The van der Waals surface area contributed by atoms with Crippen molar-refractivity contribution in [3.8, 4) is 0 Å². The Hall–Kier alpha value is 0.140. The molecule has 0 aliphatic heterocycles. The van der Waals surface area contributed by atoms with Crippen LogP contribution in [0.5, 0.6) is 0 Å². The molecule has 0 radical (unpaired) electrons. The Morgan fingerprint density at radius 1 is 1.38 bits per heavy atom. The molecule has 0 aliphatic rings. The summed E-state index contributed by atoms with van der Waals surface area (Å²) < 4.78 is 1.26. The van der Waals surface area contributed by atoms with Crippen LogP contribution in [0.2, 0.25) is 0 Å². The number of hydrogen-bond acceptors (Lipinski definition) is 2. The molecule has 0 spiro atoms. The predicted molar refractivity (Wildman–Crippen MR) is 77.1 cm³/mol. The molecule has 16 heavy (non-hydrogen) atoms. The quantitative estimate of drug-likeness (QED) is 0.748. The lowest BCUT2D eigenvalue weighted by Crippen LogP contribution is -2.27. The van der Waals surface area contributed by atoms with Crippen LogP contribution in [0.3, 0.4) is 0 Å². The molecule has 0 amide bonds. The second-order valence-corrected chi connectivity index (χ2v) is 6.13. The molecule has 0 aromatic carbocycles. The Kier molecular flexibility index (Phi) is 6.62. The zero-order valence-corrected chi connectivity index (χ0v) is 12.8. The Balaban J connectivity index is 2.74. The molecule has 0 fully saturated rings. The van der Waals surface area contributed by atoms with Gasteiger partial charge in [0.2, 0.25) is 0 Å². The molecule has 92 valence electrons. The first kappa shape index (κ1) is 14.2. The summed E-state index contributed by atoms with van der Waals surface area (Å²) in [6, 6.07) is 2.66. The van der Waals surface area contributed by atoms with E-state index in [0.717, 1.165) is 6.54 Å². The van der Waals surface area contributed by atoms with Gasteiger partial charge >= 0.3 is 0 Å². The molecule has 0 aliphatic carbocycles. The minimum Gasteiger partial charge on any atom is -0.309 e. The van der Waals surface area contributed by atoms with Gasteiger partial charge in [-0.2, -0.15) is 0 Å². The molecule has 0 saturated heterocycles. The third-order valence-corrected chi connectivity index (χ3v) is 4.81. The van der Waals surface area contributed by atoms with E-state index in [2.05, 4.69) is 53.5 Å². The van der Waals surface area contributed by atoms with Crippen LogP contribution in [0.25, 0.3) is 0 Å². The molecule has 1 nitrogen and oxygen atoms in total. The van der Waals surface area contributed by atoms with Gasteiger partial charge in [-0.3, -0.25) is 0 Å². The summed E-state index contributed by atoms with van der Waals surface area (Å²) in [5.41, 5.74) is 0. The van der Waals surface area contributed by atoms with Crippen molar-refractivity contribution in [2.45, 2.75) is 46.1 Å². The first-order valence-corrected chi connectivity index (χ1v) is 7.84. The average Bonchev–Trinajstić information content (AvgIpc) is 2.66. The zero-order valence-electron chi connectivity index (χ0n) is 10.4. The Bertz CT molecular complexity index is 298. The lowest BCUT2D eigenvalue weighted by Gasteiger charge is -2.24. The summed E-state index contributed by atoms with van der Waals surface area (Å²) in [7, 11) is 0. The Morgan fingerprint density at radius 3 is 2.62 bits per heavy atom. The topological polar surface area (TPSA) is 12.0 Å². The maximum atomic E-state index is 3.68. The van der Waals surface area contributed by atoms with Crippen molar-refractivity contribution >= 4 is 27.3 Å². The van der Waals surface area contributed by atoms with Gasteiger partial charge < -0.3 is 5.32 Å². The van der Waals surface area contributed by atoms with E-state index in [4.69, 9.17) is 0 Å². The van der Waals surface area contributed by atoms with Crippen LogP contribution < -0.4 is 5.32 Å². The highest BCUT2D eigenvalue weighted by molar-refractivity contribution is 9.10. The maximum Gasteiger partial charge on any atom is 0.0452 e. The lowest BCUT2D eigenvalue weighted by atomic mass is 9.95. The number of thiophene rings is 1. The van der Waals surface area contributed by atoms with E-state index in [1.165, 1.54) is 28.6 Å². The van der Waals surface area contributed by atoms with Gasteiger partial charge in [-0.15, -0.1) is 11.3 Å². The summed E-state index contributed by atoms with van der Waals surface area (Å²) in [4.78, 5) is 1.45. The maximum absolute atomic E-state index is 3.68. The van der Waals surface area contributed by atoms with E-state index in [9.17, 15) is 0 Å². The second kappa shape index (κ2) is 7.46. The summed E-state index contributed by atoms with van der Waals surface area (Å²) in [6.07, 6.45) is 3.73. The first-order chi connectivity index (χ1) is 7.70. The Labute approximate surface area is 112 Å². The van der Waals surface area contributed by atoms with Crippen molar-refractivity contribution in [3.05, 3.63) is 20.8 Å². The normalized spacial score (nSPS) is 15.0. The molecule has 0 saturated carbocycles. The van der Waals surface area contributed by atoms with Crippen LogP contribution in [0, 0.1) is 5.92 Å². The summed E-state index contributed by atoms with van der Waals surface area (Å²) in [5, 5.41) is 5.84. The SMILES string of the molecule is CCCNC(c1sccc1Br)C(C)CCC. The van der Waals surface area contributed by atoms with E-state index < -0.39 is 0 Å². The molecule has 3 heteroatoms. The van der Waals surface area contributed by atoms with Gasteiger partial charge in [-0.25, -0.2) is 0 Å². The van der Waals surface area contributed by atoms with Gasteiger partial charge in [0.15, 0.2) is 0 Å². The van der Waals surface area contributed by atoms with Gasteiger partial charge in [0.05, 0.1) is 0 Å². The fourth-order valence-corrected chi connectivity index (χ4v) is 3.83. The van der Waals surface area contributed by atoms with Crippen LogP contribution >= 0.6 is 27.3 Å². The molecule has 1 aromatic heterocycles. The fourth-order valence-electron chi connectivity index (χ4n) is 2.00. The van der Waals surface area contributed by atoms with Crippen LogP contribution in [0.4, 0.5) is 0 Å². The lowest BCUT2D eigenvalue weighted by molar-refractivity contribution is 0.367. The smallest absolute Gasteiger partial charge is 0.0452 e. The minimum atomic E-state index is 0.509. The summed E-state index contributed by atoms with van der Waals surface area (Å²) in [5.74, 6) is 0.700. The largest absolute Gasteiger partial charge is 0.309 e. The molecular formula is C13H22BrNS. The zero-order chi connectivity index (χ0) is 12.0. The van der Waals surface area contributed by atoms with Crippen molar-refractivity contribution < 1.29 is 0 Å². The third kappa shape index (κ3) is 3.86. The van der Waals surface area contributed by atoms with Gasteiger partial charge in [-0.1, -0.05) is 27.2 Å². The van der Waals surface area contributed by atoms with E-state index in [0.29, 0.717) is 12.0 Å². The molecule has 1 aromatic rings. The molecule has 1 heterocycles. The average molecular weight is 304 g/mol. The highest BCUT2D eigenvalue weighted by Gasteiger charge is 2.21. The van der Waals surface area contributed by atoms with Crippen LogP contribution in [-0.4, -0.2) is 6.54 Å². The fraction of sp³-hybridized carbons (Fsp3) is 0.692. The molecular weight excluding hydrogens is 282 g/mol. The molecule has 0 bridgehead atoms. The van der Waals surface area contributed by atoms with E-state index in [-0.39, 0.29) is 0 Å². The summed E-state index contributed by atoms with van der Waals surface area (Å²) in [6.45, 7) is 7.93. The standard InChI is InChI=1S/C13H22BrNS/c1-4-6-10(3)12(15-8-5-2)13-11(14)7-9-16-13/h7,9-10,12,15H,4-6,8H2,1-3H3. The van der Waals surface area contributed by atoms with Crippen molar-refractivity contribution in [2.75, 3.05) is 6.54 Å². The number of halogens is 1. The summed E-state index contributed by atoms with van der Waals surface area (Å²) >= 11 is 5.50. The number of hydrogen-bond donors (Lipinski definition) is 1. The third-order valence-electron chi connectivity index (χ3n) is 2.85. The predicted octanol–water partition coefficient (Wildman–Crippen LogP) is 4.99. The van der Waals surface area contributed by atoms with E-state index in [1.807, 2.05) is 11.3 Å². The van der Waals surface area contributed by atoms with E-state index >= 15 is 0 Å². The van der Waals surface area contributed by atoms with Gasteiger partial charge in [0.1, 0.15) is 0 Å². The van der Waals surface area contributed by atoms with Crippen LogP contribution in [0.1, 0.15) is 51.0 Å². The number of rotatable bonds is 7. The van der Waals surface area contributed by atoms with Gasteiger partial charge in [0.25, 0.3) is 0 Å².